The summed E-state index contributed by atoms with van der Waals surface area (Å²) in [4.78, 5) is 67.0. The Kier molecular flexibility index (Phi) is 6.17. The van der Waals surface area contributed by atoms with Crippen molar-refractivity contribution in [2.75, 3.05) is 33.2 Å². The maximum Gasteiger partial charge on any atom is 0.262 e. The Morgan fingerprint density at radius 1 is 1.00 bits per heavy atom. The zero-order chi connectivity index (χ0) is 25.4. The van der Waals surface area contributed by atoms with Gasteiger partial charge in [0, 0.05) is 57.2 Å². The normalized spacial score (nSPS) is 18.9. The molecule has 0 bridgehead atoms. The average molecular weight is 489 g/mol. The lowest BCUT2D eigenvalue weighted by atomic mass is 9.72. The van der Waals surface area contributed by atoms with E-state index in [4.69, 9.17) is 0 Å². The summed E-state index contributed by atoms with van der Waals surface area (Å²) in [7, 11) is 1.44. The molecule has 1 atom stereocenters. The molecule has 1 spiro atoms. The van der Waals surface area contributed by atoms with E-state index >= 15 is 0 Å². The third-order valence-electron chi connectivity index (χ3n) is 7.29. The number of hydrogen-bond acceptors (Lipinski definition) is 6. The van der Waals surface area contributed by atoms with Gasteiger partial charge in [-0.1, -0.05) is 24.3 Å². The Morgan fingerprint density at radius 3 is 2.36 bits per heavy atom. The number of amides is 4. The summed E-state index contributed by atoms with van der Waals surface area (Å²) < 4.78 is 0. The highest BCUT2D eigenvalue weighted by Gasteiger charge is 2.53. The van der Waals surface area contributed by atoms with Gasteiger partial charge in [-0.2, -0.15) is 0 Å². The Balaban J connectivity index is 1.20. The van der Waals surface area contributed by atoms with Crippen LogP contribution in [-0.2, 0) is 16.1 Å². The minimum absolute atomic E-state index is 0.0641. The Bertz CT molecular complexity index is 1230. The first-order chi connectivity index (χ1) is 17.4. The number of likely N-dealkylation sites (tertiary alicyclic amines) is 2. The molecule has 2 saturated heterocycles. The second-order valence-electron chi connectivity index (χ2n) is 9.91. The van der Waals surface area contributed by atoms with Gasteiger partial charge in [-0.05, 0) is 36.2 Å². The molecule has 0 aromatic heterocycles. The molecule has 186 valence electrons. The highest BCUT2D eigenvalue weighted by atomic mass is 16.2. The predicted molar refractivity (Wildman–Crippen MR) is 130 cm³/mol. The van der Waals surface area contributed by atoms with Gasteiger partial charge in [0.1, 0.15) is 12.3 Å². The standard InChI is InChI=1S/C27H28N4O5/c1-28-23(33)22(8-5-11-32)31-25(35)20-10-9-18(12-21(20)26(31)36)13-29-14-27(15-29)16-30(17-27)24(34)19-6-3-2-4-7-19/h2-4,6-7,9-12,22H,5,8,13-17H2,1H3,(H,28,33). The summed E-state index contributed by atoms with van der Waals surface area (Å²) in [6.07, 6.45) is 0.827. The number of rotatable bonds is 8. The number of nitrogens with zero attached hydrogens (tertiary/aromatic N) is 3. The van der Waals surface area contributed by atoms with E-state index in [-0.39, 0.29) is 35.3 Å². The van der Waals surface area contributed by atoms with E-state index in [1.807, 2.05) is 41.3 Å². The molecule has 1 N–H and O–H groups in total. The average Bonchev–Trinajstić information content (AvgIpc) is 3.09. The molecule has 2 aromatic rings. The van der Waals surface area contributed by atoms with Crippen molar-refractivity contribution in [2.24, 2.45) is 5.41 Å². The minimum Gasteiger partial charge on any atom is -0.357 e. The Labute approximate surface area is 209 Å². The fraction of sp³-hybridized carbons (Fsp3) is 0.370. The maximum absolute atomic E-state index is 13.1. The molecule has 2 aromatic carbocycles. The van der Waals surface area contributed by atoms with Crippen LogP contribution in [0.4, 0.5) is 0 Å². The lowest BCUT2D eigenvalue weighted by Gasteiger charge is -2.60. The van der Waals surface area contributed by atoms with Crippen molar-refractivity contribution in [3.63, 3.8) is 0 Å². The predicted octanol–water partition coefficient (Wildman–Crippen LogP) is 1.33. The van der Waals surface area contributed by atoms with Crippen molar-refractivity contribution < 1.29 is 24.0 Å². The highest BCUT2D eigenvalue weighted by Crippen LogP contribution is 2.41. The molecule has 0 saturated carbocycles. The van der Waals surface area contributed by atoms with E-state index in [9.17, 15) is 24.0 Å². The highest BCUT2D eigenvalue weighted by molar-refractivity contribution is 6.23. The lowest BCUT2D eigenvalue weighted by Crippen LogP contribution is -2.72. The van der Waals surface area contributed by atoms with Crippen LogP contribution in [0.25, 0.3) is 0 Å². The molecule has 3 aliphatic rings. The summed E-state index contributed by atoms with van der Waals surface area (Å²) >= 11 is 0. The van der Waals surface area contributed by atoms with Gasteiger partial charge in [-0.25, -0.2) is 0 Å². The fourth-order valence-corrected chi connectivity index (χ4v) is 5.60. The van der Waals surface area contributed by atoms with Gasteiger partial charge in [0.25, 0.3) is 17.7 Å². The number of fused-ring (bicyclic) bond motifs is 1. The smallest absolute Gasteiger partial charge is 0.262 e. The number of aldehydes is 1. The fourth-order valence-electron chi connectivity index (χ4n) is 5.60. The quantitative estimate of drug-likeness (QED) is 0.444. The van der Waals surface area contributed by atoms with Crippen LogP contribution in [0.15, 0.2) is 48.5 Å². The first-order valence-electron chi connectivity index (χ1n) is 12.1. The molecule has 1 unspecified atom stereocenters. The zero-order valence-electron chi connectivity index (χ0n) is 20.1. The third-order valence-corrected chi connectivity index (χ3v) is 7.29. The Hall–Kier alpha value is -3.85. The second kappa shape index (κ2) is 9.31. The second-order valence-corrected chi connectivity index (χ2v) is 9.91. The number of nitrogens with one attached hydrogen (secondary N) is 1. The molecule has 2 fully saturated rings. The summed E-state index contributed by atoms with van der Waals surface area (Å²) in [5.41, 5.74) is 2.31. The summed E-state index contributed by atoms with van der Waals surface area (Å²) in [6, 6.07) is 13.5. The van der Waals surface area contributed by atoms with Gasteiger partial charge in [0.15, 0.2) is 0 Å². The molecule has 9 nitrogen and oxygen atoms in total. The summed E-state index contributed by atoms with van der Waals surface area (Å²) in [5, 5.41) is 2.48. The number of carbonyl (C=O) groups is 5. The molecule has 5 rings (SSSR count). The van der Waals surface area contributed by atoms with Gasteiger partial charge in [0.05, 0.1) is 11.1 Å². The number of carbonyl (C=O) groups excluding carboxylic acids is 5. The van der Waals surface area contributed by atoms with E-state index in [1.165, 1.54) is 7.05 Å². The van der Waals surface area contributed by atoms with Crippen molar-refractivity contribution in [3.8, 4) is 0 Å². The maximum atomic E-state index is 13.1. The number of likely N-dealkylation sites (N-methyl/N-ethyl adjacent to an activating group) is 1. The largest absolute Gasteiger partial charge is 0.357 e. The monoisotopic (exact) mass is 488 g/mol. The first-order valence-corrected chi connectivity index (χ1v) is 12.1. The van der Waals surface area contributed by atoms with E-state index in [2.05, 4.69) is 10.2 Å². The summed E-state index contributed by atoms with van der Waals surface area (Å²) in [5.74, 6) is -1.43. The van der Waals surface area contributed by atoms with Crippen molar-refractivity contribution in [1.29, 1.82) is 0 Å². The number of hydrogen-bond donors (Lipinski definition) is 1. The molecule has 3 heterocycles. The van der Waals surface area contributed by atoms with Crippen LogP contribution >= 0.6 is 0 Å². The van der Waals surface area contributed by atoms with Crippen LogP contribution < -0.4 is 5.32 Å². The molecular formula is C27H28N4O5. The van der Waals surface area contributed by atoms with Gasteiger partial charge >= 0.3 is 0 Å². The van der Waals surface area contributed by atoms with Crippen LogP contribution in [0.5, 0.6) is 0 Å². The Morgan fingerprint density at radius 2 is 1.69 bits per heavy atom. The molecule has 0 aliphatic carbocycles. The SMILES string of the molecule is CNC(=O)C(CCC=O)N1C(=O)c2ccc(CN3CC4(C3)CN(C(=O)c3ccccc3)C4)cc2C1=O. The van der Waals surface area contributed by atoms with Crippen LogP contribution in [-0.4, -0.2) is 83.9 Å². The van der Waals surface area contributed by atoms with E-state index in [1.54, 1.807) is 12.1 Å². The van der Waals surface area contributed by atoms with Crippen molar-refractivity contribution >= 4 is 29.9 Å². The van der Waals surface area contributed by atoms with Crippen LogP contribution in [0.2, 0.25) is 0 Å². The van der Waals surface area contributed by atoms with Crippen molar-refractivity contribution in [1.82, 2.24) is 20.0 Å². The number of benzene rings is 2. The van der Waals surface area contributed by atoms with Gasteiger partial charge in [-0.15, -0.1) is 0 Å². The molecule has 36 heavy (non-hydrogen) atoms. The first kappa shape index (κ1) is 23.9. The zero-order valence-corrected chi connectivity index (χ0v) is 20.1. The van der Waals surface area contributed by atoms with Crippen molar-refractivity contribution in [2.45, 2.75) is 25.4 Å². The molecule has 3 aliphatic heterocycles. The molecule has 4 amide bonds. The van der Waals surface area contributed by atoms with Crippen LogP contribution in [0, 0.1) is 5.41 Å². The molecule has 0 radical (unpaired) electrons. The number of imide groups is 1. The van der Waals surface area contributed by atoms with Crippen LogP contribution in [0.3, 0.4) is 0 Å². The van der Waals surface area contributed by atoms with Gasteiger partial charge < -0.3 is 15.0 Å². The van der Waals surface area contributed by atoms with E-state index in [0.717, 1.165) is 36.6 Å². The summed E-state index contributed by atoms with van der Waals surface area (Å²) in [6.45, 7) is 3.85. The van der Waals surface area contributed by atoms with Gasteiger partial charge in [0.2, 0.25) is 5.91 Å². The van der Waals surface area contributed by atoms with Crippen LogP contribution in [0.1, 0.15) is 49.5 Å². The third kappa shape index (κ3) is 4.09. The minimum atomic E-state index is -1.02. The van der Waals surface area contributed by atoms with E-state index < -0.39 is 23.8 Å². The van der Waals surface area contributed by atoms with Gasteiger partial charge in [-0.3, -0.25) is 29.0 Å². The van der Waals surface area contributed by atoms with E-state index in [0.29, 0.717) is 18.4 Å². The topological polar surface area (TPSA) is 107 Å². The molecular weight excluding hydrogens is 460 g/mol. The lowest BCUT2D eigenvalue weighted by molar-refractivity contribution is -0.124. The molecule has 9 heteroatoms. The van der Waals surface area contributed by atoms with Crippen molar-refractivity contribution in [3.05, 3.63) is 70.8 Å².